The molecule has 1 aromatic heterocycles. The lowest BCUT2D eigenvalue weighted by Gasteiger charge is -2.23. The number of carboxylic acid groups (broad SMARTS) is 1. The summed E-state index contributed by atoms with van der Waals surface area (Å²) in [6.45, 7) is 2.98. The highest BCUT2D eigenvalue weighted by molar-refractivity contribution is 7.98. The van der Waals surface area contributed by atoms with Gasteiger partial charge in [-0.25, -0.2) is 9.48 Å². The SMILES string of the molecule is CCC(=C(c1ccc(C=CC(=O)O)cc1)c1ccc2c(cnn2C2CCCCO2)c1)c1ccccc1SC. The minimum atomic E-state index is -0.955. The molecule has 1 aliphatic rings. The fraction of sp³-hybridized carbons (Fsp3) is 0.250. The fourth-order valence-electron chi connectivity index (χ4n) is 5.19. The lowest BCUT2D eigenvalue weighted by atomic mass is 9.87. The van der Waals surface area contributed by atoms with Crippen LogP contribution in [0.2, 0.25) is 0 Å². The van der Waals surface area contributed by atoms with Crippen molar-refractivity contribution in [3.63, 3.8) is 0 Å². The zero-order valence-corrected chi connectivity index (χ0v) is 22.6. The minimum absolute atomic E-state index is 0.00632. The van der Waals surface area contributed by atoms with Gasteiger partial charge in [-0.2, -0.15) is 5.10 Å². The van der Waals surface area contributed by atoms with Crippen molar-refractivity contribution in [2.45, 2.75) is 43.7 Å². The van der Waals surface area contributed by atoms with E-state index in [0.717, 1.165) is 59.9 Å². The van der Waals surface area contributed by atoms with E-state index in [-0.39, 0.29) is 6.23 Å². The Balaban J connectivity index is 1.66. The number of carbonyl (C=O) groups is 1. The zero-order chi connectivity index (χ0) is 26.5. The summed E-state index contributed by atoms with van der Waals surface area (Å²) in [7, 11) is 0. The number of hydrogen-bond acceptors (Lipinski definition) is 4. The molecule has 2 heterocycles. The molecule has 1 N–H and O–H groups in total. The standard InChI is InChI=1S/C32H32N2O3S/c1-3-26(27-8-4-5-9-29(27)38-2)32(23-14-11-22(12-15-23)13-18-31(35)36)24-16-17-28-25(20-24)21-33-34(28)30-10-6-7-19-37-30/h4-5,8-9,11-18,20-21,30H,3,6-7,10,19H2,1-2H3,(H,35,36). The van der Waals surface area contributed by atoms with E-state index in [4.69, 9.17) is 14.9 Å². The van der Waals surface area contributed by atoms with Crippen LogP contribution in [-0.2, 0) is 9.53 Å². The predicted molar refractivity (Wildman–Crippen MR) is 156 cm³/mol. The highest BCUT2D eigenvalue weighted by Gasteiger charge is 2.20. The molecule has 0 bridgehead atoms. The molecule has 0 amide bonds. The number of fused-ring (bicyclic) bond motifs is 1. The van der Waals surface area contributed by atoms with Gasteiger partial charge in [-0.05, 0) is 89.6 Å². The molecule has 1 aliphatic heterocycles. The first-order valence-corrected chi connectivity index (χ1v) is 14.3. The number of aromatic nitrogens is 2. The van der Waals surface area contributed by atoms with Gasteiger partial charge in [0, 0.05) is 23.0 Å². The summed E-state index contributed by atoms with van der Waals surface area (Å²) >= 11 is 1.75. The van der Waals surface area contributed by atoms with Crippen molar-refractivity contribution in [3.05, 3.63) is 101 Å². The largest absolute Gasteiger partial charge is 0.478 e. The van der Waals surface area contributed by atoms with Crippen LogP contribution in [-0.4, -0.2) is 33.7 Å². The Hall–Kier alpha value is -3.61. The minimum Gasteiger partial charge on any atom is -0.478 e. The van der Waals surface area contributed by atoms with Crippen LogP contribution in [0.25, 0.3) is 28.1 Å². The first-order chi connectivity index (χ1) is 18.6. The van der Waals surface area contributed by atoms with Crippen LogP contribution in [0.5, 0.6) is 0 Å². The molecule has 0 spiro atoms. The van der Waals surface area contributed by atoms with Crippen LogP contribution < -0.4 is 0 Å². The van der Waals surface area contributed by atoms with E-state index in [0.29, 0.717) is 0 Å². The molecule has 0 aliphatic carbocycles. The summed E-state index contributed by atoms with van der Waals surface area (Å²) in [5.41, 5.74) is 7.82. The second-order valence-corrected chi connectivity index (χ2v) is 10.2. The number of aliphatic carboxylic acids is 1. The average Bonchev–Trinajstić information content (AvgIpc) is 3.39. The molecule has 1 unspecified atom stereocenters. The number of rotatable bonds is 8. The van der Waals surface area contributed by atoms with Crippen LogP contribution in [0.1, 0.15) is 61.1 Å². The van der Waals surface area contributed by atoms with E-state index in [1.165, 1.54) is 27.7 Å². The summed E-state index contributed by atoms with van der Waals surface area (Å²) in [5, 5.41) is 14.8. The topological polar surface area (TPSA) is 64.3 Å². The highest BCUT2D eigenvalue weighted by Crippen LogP contribution is 2.39. The van der Waals surface area contributed by atoms with Crippen molar-refractivity contribution >= 4 is 45.9 Å². The quantitative estimate of drug-likeness (QED) is 0.144. The fourth-order valence-corrected chi connectivity index (χ4v) is 5.82. The smallest absolute Gasteiger partial charge is 0.328 e. The second kappa shape index (κ2) is 11.8. The molecule has 38 heavy (non-hydrogen) atoms. The van der Waals surface area contributed by atoms with Crippen LogP contribution in [0.4, 0.5) is 0 Å². The Morgan fingerprint density at radius 3 is 2.61 bits per heavy atom. The maximum absolute atomic E-state index is 11.0. The van der Waals surface area contributed by atoms with Crippen molar-refractivity contribution in [3.8, 4) is 0 Å². The molecule has 1 atom stereocenters. The molecule has 5 nitrogen and oxygen atoms in total. The Bertz CT molecular complexity index is 1490. The second-order valence-electron chi connectivity index (χ2n) is 9.38. The lowest BCUT2D eigenvalue weighted by molar-refractivity contribution is -0.131. The van der Waals surface area contributed by atoms with E-state index >= 15 is 0 Å². The number of benzene rings is 3. The molecule has 5 rings (SSSR count). The third kappa shape index (κ3) is 5.47. The van der Waals surface area contributed by atoms with Gasteiger partial charge in [0.25, 0.3) is 0 Å². The Labute approximate surface area is 227 Å². The molecule has 6 heteroatoms. The summed E-state index contributed by atoms with van der Waals surface area (Å²) in [6, 6.07) is 23.2. The van der Waals surface area contributed by atoms with Crippen molar-refractivity contribution in [2.24, 2.45) is 0 Å². The van der Waals surface area contributed by atoms with Gasteiger partial charge in [0.05, 0.1) is 11.7 Å². The van der Waals surface area contributed by atoms with Gasteiger partial charge in [-0.3, -0.25) is 0 Å². The number of allylic oxidation sites excluding steroid dienone is 1. The van der Waals surface area contributed by atoms with Gasteiger partial charge in [0.2, 0.25) is 0 Å². The maximum Gasteiger partial charge on any atom is 0.328 e. The normalized spacial score (nSPS) is 16.6. The molecule has 3 aromatic carbocycles. The van der Waals surface area contributed by atoms with Crippen molar-refractivity contribution in [2.75, 3.05) is 12.9 Å². The first-order valence-electron chi connectivity index (χ1n) is 13.1. The highest BCUT2D eigenvalue weighted by atomic mass is 32.2. The van der Waals surface area contributed by atoms with Crippen LogP contribution in [0.3, 0.4) is 0 Å². The van der Waals surface area contributed by atoms with Gasteiger partial charge in [-0.15, -0.1) is 11.8 Å². The van der Waals surface area contributed by atoms with E-state index in [1.807, 2.05) is 23.0 Å². The van der Waals surface area contributed by atoms with Crippen LogP contribution >= 0.6 is 11.8 Å². The van der Waals surface area contributed by atoms with E-state index in [2.05, 4.69) is 67.8 Å². The molecule has 4 aromatic rings. The Kier molecular flexibility index (Phi) is 8.11. The number of carboxylic acids is 1. The number of thioether (sulfide) groups is 1. The Morgan fingerprint density at radius 2 is 1.89 bits per heavy atom. The lowest BCUT2D eigenvalue weighted by Crippen LogP contribution is -2.18. The Morgan fingerprint density at radius 1 is 1.11 bits per heavy atom. The number of nitrogens with zero attached hydrogens (tertiary/aromatic N) is 2. The van der Waals surface area contributed by atoms with Gasteiger partial charge in [0.15, 0.2) is 6.23 Å². The summed E-state index contributed by atoms with van der Waals surface area (Å²) in [6.07, 6.45) is 10.9. The van der Waals surface area contributed by atoms with Crippen molar-refractivity contribution in [1.29, 1.82) is 0 Å². The predicted octanol–water partition coefficient (Wildman–Crippen LogP) is 7.92. The molecule has 0 saturated carbocycles. The van der Waals surface area contributed by atoms with Crippen molar-refractivity contribution < 1.29 is 14.6 Å². The van der Waals surface area contributed by atoms with Gasteiger partial charge in [0.1, 0.15) is 0 Å². The zero-order valence-electron chi connectivity index (χ0n) is 21.8. The number of ether oxygens (including phenoxy) is 1. The van der Waals surface area contributed by atoms with Gasteiger partial charge < -0.3 is 9.84 Å². The van der Waals surface area contributed by atoms with E-state index in [9.17, 15) is 4.79 Å². The number of hydrogen-bond donors (Lipinski definition) is 1. The van der Waals surface area contributed by atoms with E-state index < -0.39 is 5.97 Å². The van der Waals surface area contributed by atoms with Crippen molar-refractivity contribution in [1.82, 2.24) is 9.78 Å². The summed E-state index contributed by atoms with van der Waals surface area (Å²) in [5.74, 6) is -0.955. The summed E-state index contributed by atoms with van der Waals surface area (Å²) in [4.78, 5) is 12.2. The van der Waals surface area contributed by atoms with Gasteiger partial charge in [-0.1, -0.05) is 55.5 Å². The molecular weight excluding hydrogens is 492 g/mol. The molecule has 1 saturated heterocycles. The first kappa shape index (κ1) is 26.0. The molecule has 194 valence electrons. The summed E-state index contributed by atoms with van der Waals surface area (Å²) < 4.78 is 8.03. The third-order valence-electron chi connectivity index (χ3n) is 7.02. The molecular formula is C32H32N2O3S. The van der Waals surface area contributed by atoms with Gasteiger partial charge >= 0.3 is 5.97 Å². The van der Waals surface area contributed by atoms with Crippen LogP contribution in [0.15, 0.2) is 83.9 Å². The van der Waals surface area contributed by atoms with Crippen LogP contribution in [0, 0.1) is 0 Å². The molecule has 0 radical (unpaired) electrons. The molecule has 1 fully saturated rings. The maximum atomic E-state index is 11.0. The third-order valence-corrected chi connectivity index (χ3v) is 7.81. The van der Waals surface area contributed by atoms with E-state index in [1.54, 1.807) is 17.8 Å². The monoisotopic (exact) mass is 524 g/mol. The average molecular weight is 525 g/mol.